The molecule has 2 N–H and O–H groups in total. The van der Waals surface area contributed by atoms with E-state index in [1.165, 1.54) is 5.69 Å². The molecule has 4 heterocycles. The molecule has 0 saturated carbocycles. The summed E-state index contributed by atoms with van der Waals surface area (Å²) in [6.07, 6.45) is 5.43. The number of hydrogen-bond acceptors (Lipinski definition) is 7. The highest BCUT2D eigenvalue weighted by atomic mass is 16.5. The van der Waals surface area contributed by atoms with E-state index in [-0.39, 0.29) is 0 Å². The number of ether oxygens (including phenoxy) is 1. The van der Waals surface area contributed by atoms with Gasteiger partial charge in [-0.3, -0.25) is 9.50 Å². The van der Waals surface area contributed by atoms with Crippen LogP contribution in [0.25, 0.3) is 27.8 Å². The summed E-state index contributed by atoms with van der Waals surface area (Å²) in [5.74, 6) is 0.654. The first-order valence-corrected chi connectivity index (χ1v) is 10.2. The first-order chi connectivity index (χ1) is 15.3. The summed E-state index contributed by atoms with van der Waals surface area (Å²) in [5.41, 5.74) is 5.62. The average Bonchev–Trinajstić information content (AvgIpc) is 3.49. The standard InChI is InChI=1S/C22H20N8O/c1-6-19-16(12-23-27-19)11-15(1)20-13-30-14-24-28-22(30)21(26-20)25-17-2-4-18(5-3-17)29-7-9-31-10-8-29/h1-6,11-14H,7-10H2,(H,23,27)(H,25,26). The van der Waals surface area contributed by atoms with Crippen molar-refractivity contribution in [3.05, 3.63) is 61.2 Å². The van der Waals surface area contributed by atoms with Gasteiger partial charge in [-0.1, -0.05) is 6.07 Å². The fourth-order valence-electron chi connectivity index (χ4n) is 3.88. The second-order valence-corrected chi connectivity index (χ2v) is 7.48. The lowest BCUT2D eigenvalue weighted by Crippen LogP contribution is -2.36. The molecule has 9 nitrogen and oxygen atoms in total. The van der Waals surface area contributed by atoms with Crippen molar-refractivity contribution < 1.29 is 4.74 Å². The van der Waals surface area contributed by atoms with Gasteiger partial charge >= 0.3 is 0 Å². The molecule has 1 aliphatic heterocycles. The number of hydrogen-bond donors (Lipinski definition) is 2. The van der Waals surface area contributed by atoms with Gasteiger partial charge in [0.15, 0.2) is 5.82 Å². The van der Waals surface area contributed by atoms with Gasteiger partial charge in [-0.2, -0.15) is 5.10 Å². The fourth-order valence-corrected chi connectivity index (χ4v) is 3.88. The third kappa shape index (κ3) is 3.34. The Morgan fingerprint density at radius 1 is 1.03 bits per heavy atom. The monoisotopic (exact) mass is 412 g/mol. The zero-order valence-electron chi connectivity index (χ0n) is 16.7. The number of rotatable bonds is 4. The Balaban J connectivity index is 1.33. The molecule has 5 aromatic rings. The molecule has 6 rings (SSSR count). The van der Waals surface area contributed by atoms with Gasteiger partial charge in [0.05, 0.1) is 30.6 Å². The van der Waals surface area contributed by atoms with E-state index in [0.717, 1.165) is 54.2 Å². The summed E-state index contributed by atoms with van der Waals surface area (Å²) in [6.45, 7) is 3.37. The van der Waals surface area contributed by atoms with Crippen molar-refractivity contribution in [2.75, 3.05) is 36.5 Å². The van der Waals surface area contributed by atoms with E-state index >= 15 is 0 Å². The molecular formula is C22H20N8O. The maximum Gasteiger partial charge on any atom is 0.203 e. The SMILES string of the molecule is c1cc(N2CCOCC2)ccc1Nc1nc(-c2ccc3[nH]ncc3c2)cn2cnnc12. The zero-order valence-corrected chi connectivity index (χ0v) is 16.7. The lowest BCUT2D eigenvalue weighted by Gasteiger charge is -2.28. The van der Waals surface area contributed by atoms with E-state index in [2.05, 4.69) is 60.9 Å². The molecule has 0 amide bonds. The Morgan fingerprint density at radius 2 is 1.90 bits per heavy atom. The number of benzene rings is 2. The van der Waals surface area contributed by atoms with E-state index in [9.17, 15) is 0 Å². The van der Waals surface area contributed by atoms with Crippen LogP contribution in [0.3, 0.4) is 0 Å². The van der Waals surface area contributed by atoms with Gasteiger partial charge in [0.25, 0.3) is 0 Å². The minimum atomic E-state index is 0.654. The first kappa shape index (κ1) is 17.8. The number of fused-ring (bicyclic) bond motifs is 2. The van der Waals surface area contributed by atoms with Gasteiger partial charge in [0.2, 0.25) is 5.65 Å². The molecule has 2 aromatic carbocycles. The summed E-state index contributed by atoms with van der Waals surface area (Å²) in [5, 5.41) is 19.8. The van der Waals surface area contributed by atoms with Crippen LogP contribution in [-0.2, 0) is 4.74 Å². The molecule has 9 heteroatoms. The third-order valence-electron chi connectivity index (χ3n) is 5.52. The quantitative estimate of drug-likeness (QED) is 0.468. The van der Waals surface area contributed by atoms with Crippen LogP contribution in [-0.4, -0.2) is 56.1 Å². The molecule has 3 aromatic heterocycles. The number of morpholine rings is 1. The number of anilines is 3. The Kier molecular flexibility index (Phi) is 4.24. The zero-order chi connectivity index (χ0) is 20.6. The van der Waals surface area contributed by atoms with Crippen molar-refractivity contribution in [3.8, 4) is 11.3 Å². The maximum absolute atomic E-state index is 5.44. The predicted octanol–water partition coefficient (Wildman–Crippen LogP) is 3.25. The van der Waals surface area contributed by atoms with Crippen LogP contribution < -0.4 is 10.2 Å². The third-order valence-corrected chi connectivity index (χ3v) is 5.52. The van der Waals surface area contributed by atoms with Gasteiger partial charge in [-0.25, -0.2) is 4.98 Å². The molecule has 1 aliphatic rings. The number of H-pyrrole nitrogens is 1. The highest BCUT2D eigenvalue weighted by Crippen LogP contribution is 2.27. The molecule has 154 valence electrons. The summed E-state index contributed by atoms with van der Waals surface area (Å²) in [6, 6.07) is 14.5. The van der Waals surface area contributed by atoms with Gasteiger partial charge in [0.1, 0.15) is 6.33 Å². The minimum absolute atomic E-state index is 0.654. The topological polar surface area (TPSA) is 96.3 Å². The first-order valence-electron chi connectivity index (χ1n) is 10.2. The summed E-state index contributed by atoms with van der Waals surface area (Å²) in [4.78, 5) is 7.18. The normalized spacial score (nSPS) is 14.4. The second kappa shape index (κ2) is 7.37. The van der Waals surface area contributed by atoms with Crippen molar-refractivity contribution >= 4 is 33.7 Å². The number of aromatic amines is 1. The minimum Gasteiger partial charge on any atom is -0.378 e. The van der Waals surface area contributed by atoms with E-state index in [1.54, 1.807) is 6.33 Å². The lowest BCUT2D eigenvalue weighted by molar-refractivity contribution is 0.122. The van der Waals surface area contributed by atoms with E-state index < -0.39 is 0 Å². The highest BCUT2D eigenvalue weighted by Gasteiger charge is 2.13. The molecular weight excluding hydrogens is 392 g/mol. The van der Waals surface area contributed by atoms with Gasteiger partial charge in [-0.05, 0) is 36.4 Å². The van der Waals surface area contributed by atoms with Crippen molar-refractivity contribution in [3.63, 3.8) is 0 Å². The molecule has 0 atom stereocenters. The number of nitrogens with one attached hydrogen (secondary N) is 2. The van der Waals surface area contributed by atoms with E-state index in [1.807, 2.05) is 28.9 Å². The highest BCUT2D eigenvalue weighted by molar-refractivity contribution is 5.84. The smallest absolute Gasteiger partial charge is 0.203 e. The lowest BCUT2D eigenvalue weighted by atomic mass is 10.1. The molecule has 0 radical (unpaired) electrons. The van der Waals surface area contributed by atoms with Crippen LogP contribution in [0.2, 0.25) is 0 Å². The van der Waals surface area contributed by atoms with Crippen molar-refractivity contribution in [1.29, 1.82) is 0 Å². The van der Waals surface area contributed by atoms with Gasteiger partial charge in [0, 0.05) is 41.6 Å². The van der Waals surface area contributed by atoms with Gasteiger partial charge < -0.3 is 15.0 Å². The summed E-state index contributed by atoms with van der Waals surface area (Å²) < 4.78 is 7.32. The van der Waals surface area contributed by atoms with E-state index in [0.29, 0.717) is 11.5 Å². The van der Waals surface area contributed by atoms with Crippen LogP contribution in [0.1, 0.15) is 0 Å². The Morgan fingerprint density at radius 3 is 2.77 bits per heavy atom. The van der Waals surface area contributed by atoms with Crippen LogP contribution >= 0.6 is 0 Å². The molecule has 31 heavy (non-hydrogen) atoms. The van der Waals surface area contributed by atoms with Crippen molar-refractivity contribution in [1.82, 2.24) is 29.8 Å². The van der Waals surface area contributed by atoms with Crippen molar-refractivity contribution in [2.24, 2.45) is 0 Å². The van der Waals surface area contributed by atoms with Crippen LogP contribution in [0.4, 0.5) is 17.2 Å². The number of aromatic nitrogens is 6. The largest absolute Gasteiger partial charge is 0.378 e. The molecule has 1 fully saturated rings. The van der Waals surface area contributed by atoms with Crippen LogP contribution in [0.15, 0.2) is 61.2 Å². The second-order valence-electron chi connectivity index (χ2n) is 7.48. The molecule has 0 spiro atoms. The molecule has 1 saturated heterocycles. The summed E-state index contributed by atoms with van der Waals surface area (Å²) >= 11 is 0. The Labute approximate surface area is 177 Å². The predicted molar refractivity (Wildman–Crippen MR) is 119 cm³/mol. The van der Waals surface area contributed by atoms with Crippen molar-refractivity contribution in [2.45, 2.75) is 0 Å². The molecule has 0 bridgehead atoms. The molecule has 0 unspecified atom stereocenters. The molecule has 0 aliphatic carbocycles. The average molecular weight is 412 g/mol. The van der Waals surface area contributed by atoms with Gasteiger partial charge in [-0.15, -0.1) is 10.2 Å². The summed E-state index contributed by atoms with van der Waals surface area (Å²) in [7, 11) is 0. The van der Waals surface area contributed by atoms with E-state index in [4.69, 9.17) is 9.72 Å². The number of nitrogens with zero attached hydrogens (tertiary/aromatic N) is 6. The Bertz CT molecular complexity index is 1350. The van der Waals surface area contributed by atoms with Crippen LogP contribution in [0, 0.1) is 0 Å². The van der Waals surface area contributed by atoms with Crippen LogP contribution in [0.5, 0.6) is 0 Å². The maximum atomic E-state index is 5.44. The fraction of sp³-hybridized carbons (Fsp3) is 0.182. The Hall–Kier alpha value is -3.98.